The summed E-state index contributed by atoms with van der Waals surface area (Å²) in [7, 11) is -1.08. The number of hydrogen-bond donors (Lipinski definition) is 0. The van der Waals surface area contributed by atoms with Gasteiger partial charge < -0.3 is 0 Å². The van der Waals surface area contributed by atoms with Gasteiger partial charge in [0.1, 0.15) is 0 Å². The highest BCUT2D eigenvalue weighted by Crippen LogP contribution is 2.59. The van der Waals surface area contributed by atoms with Gasteiger partial charge in [-0.25, -0.2) is 0 Å². The van der Waals surface area contributed by atoms with E-state index in [0.717, 1.165) is 5.69 Å². The Labute approximate surface area is 159 Å². The fourth-order valence-corrected chi connectivity index (χ4v) is 9.13. The SMILES string of the molecule is CCC[P+](CCC)(CCC)c1cccc(-c2nccc3ccccc23)c1. The summed E-state index contributed by atoms with van der Waals surface area (Å²) in [4.78, 5) is 4.75. The zero-order chi connectivity index (χ0) is 18.4. The highest BCUT2D eigenvalue weighted by atomic mass is 31.2. The standard InChI is InChI=1S/C24H31NP/c1-4-16-26(17-5-2,18-6-3)22-12-9-11-21(19-22)24-23-13-8-7-10-20(23)14-15-25-24/h7-15,19H,4-6,16-18H2,1-3H3/q+1. The summed E-state index contributed by atoms with van der Waals surface area (Å²) in [5.74, 6) is 0. The van der Waals surface area contributed by atoms with Gasteiger partial charge in [-0.05, 0) is 42.8 Å². The first-order valence-corrected chi connectivity index (χ1v) is 12.4. The van der Waals surface area contributed by atoms with Gasteiger partial charge in [-0.2, -0.15) is 0 Å². The first-order chi connectivity index (χ1) is 12.7. The molecule has 0 radical (unpaired) electrons. The van der Waals surface area contributed by atoms with E-state index in [9.17, 15) is 0 Å². The molecule has 136 valence electrons. The molecule has 3 aromatic rings. The fourth-order valence-electron chi connectivity index (χ4n) is 4.30. The van der Waals surface area contributed by atoms with E-state index in [1.165, 1.54) is 54.1 Å². The van der Waals surface area contributed by atoms with E-state index in [2.05, 4.69) is 75.4 Å². The van der Waals surface area contributed by atoms with E-state index in [4.69, 9.17) is 4.98 Å². The van der Waals surface area contributed by atoms with E-state index in [1.807, 2.05) is 6.20 Å². The van der Waals surface area contributed by atoms with Crippen LogP contribution in [0.2, 0.25) is 0 Å². The van der Waals surface area contributed by atoms with Crippen LogP contribution in [-0.2, 0) is 0 Å². The van der Waals surface area contributed by atoms with Crippen LogP contribution in [-0.4, -0.2) is 23.5 Å². The molecule has 0 saturated carbocycles. The second kappa shape index (κ2) is 8.78. The van der Waals surface area contributed by atoms with Crippen LogP contribution in [0.3, 0.4) is 0 Å². The Morgan fingerprint density at radius 2 is 1.46 bits per heavy atom. The average molecular weight is 364 g/mol. The normalized spacial score (nSPS) is 11.8. The Balaban J connectivity index is 2.11. The minimum absolute atomic E-state index is 1.08. The lowest BCUT2D eigenvalue weighted by Gasteiger charge is -2.27. The van der Waals surface area contributed by atoms with Gasteiger partial charge in [0.15, 0.2) is 0 Å². The number of pyridine rings is 1. The molecule has 0 unspecified atom stereocenters. The molecule has 0 spiro atoms. The molecule has 1 aromatic heterocycles. The maximum atomic E-state index is 4.75. The molecule has 0 N–H and O–H groups in total. The van der Waals surface area contributed by atoms with Gasteiger partial charge in [-0.3, -0.25) is 4.98 Å². The third-order valence-corrected chi connectivity index (χ3v) is 10.6. The third kappa shape index (κ3) is 3.84. The molecule has 1 heterocycles. The second-order valence-electron chi connectivity index (χ2n) is 7.25. The molecule has 1 nitrogen and oxygen atoms in total. The van der Waals surface area contributed by atoms with Crippen LogP contribution in [0.25, 0.3) is 22.0 Å². The second-order valence-corrected chi connectivity index (χ2v) is 11.4. The topological polar surface area (TPSA) is 12.9 Å². The Morgan fingerprint density at radius 1 is 0.769 bits per heavy atom. The van der Waals surface area contributed by atoms with Gasteiger partial charge >= 0.3 is 0 Å². The van der Waals surface area contributed by atoms with Crippen molar-refractivity contribution in [3.63, 3.8) is 0 Å². The van der Waals surface area contributed by atoms with Crippen molar-refractivity contribution < 1.29 is 0 Å². The van der Waals surface area contributed by atoms with Crippen LogP contribution in [0.1, 0.15) is 40.0 Å². The van der Waals surface area contributed by atoms with Crippen molar-refractivity contribution in [2.75, 3.05) is 18.5 Å². The summed E-state index contributed by atoms with van der Waals surface area (Å²) in [5, 5.41) is 4.12. The monoisotopic (exact) mass is 364 g/mol. The van der Waals surface area contributed by atoms with E-state index in [-0.39, 0.29) is 0 Å². The molecule has 0 fully saturated rings. The van der Waals surface area contributed by atoms with Crippen molar-refractivity contribution in [1.29, 1.82) is 0 Å². The van der Waals surface area contributed by atoms with Crippen molar-refractivity contribution in [1.82, 2.24) is 4.98 Å². The molecule has 0 aliphatic heterocycles. The van der Waals surface area contributed by atoms with E-state index >= 15 is 0 Å². The molecule has 0 saturated heterocycles. The molecule has 2 aromatic carbocycles. The number of fused-ring (bicyclic) bond motifs is 1. The van der Waals surface area contributed by atoms with Crippen LogP contribution in [0.15, 0.2) is 60.8 Å². The van der Waals surface area contributed by atoms with Gasteiger partial charge in [0.05, 0.1) is 29.5 Å². The van der Waals surface area contributed by atoms with Crippen LogP contribution in [0.4, 0.5) is 0 Å². The molecule has 0 atom stereocenters. The molecule has 3 rings (SSSR count). The Kier molecular flexibility index (Phi) is 6.43. The van der Waals surface area contributed by atoms with Crippen molar-refractivity contribution in [2.45, 2.75) is 40.0 Å². The van der Waals surface area contributed by atoms with Gasteiger partial charge in [0.2, 0.25) is 0 Å². The summed E-state index contributed by atoms with van der Waals surface area (Å²) >= 11 is 0. The maximum Gasteiger partial charge on any atom is 0.0946 e. The lowest BCUT2D eigenvalue weighted by atomic mass is 10.0. The number of nitrogens with zero attached hydrogens (tertiary/aromatic N) is 1. The average Bonchev–Trinajstić information content (AvgIpc) is 2.68. The van der Waals surface area contributed by atoms with Crippen molar-refractivity contribution in [3.05, 3.63) is 60.8 Å². The molecular formula is C24H31NP+. The van der Waals surface area contributed by atoms with Gasteiger partial charge in [-0.15, -0.1) is 0 Å². The summed E-state index contributed by atoms with van der Waals surface area (Å²) in [6.07, 6.45) is 9.92. The van der Waals surface area contributed by atoms with E-state index in [1.54, 1.807) is 5.30 Å². The van der Waals surface area contributed by atoms with Gasteiger partial charge in [0, 0.05) is 24.4 Å². The number of aromatic nitrogens is 1. The highest BCUT2D eigenvalue weighted by molar-refractivity contribution is 7.82. The molecule has 26 heavy (non-hydrogen) atoms. The van der Waals surface area contributed by atoms with Gasteiger partial charge in [-0.1, -0.05) is 57.2 Å². The predicted molar refractivity (Wildman–Crippen MR) is 119 cm³/mol. The van der Waals surface area contributed by atoms with E-state index in [0.29, 0.717) is 0 Å². The lowest BCUT2D eigenvalue weighted by molar-refractivity contribution is 1.01. The summed E-state index contributed by atoms with van der Waals surface area (Å²) in [6.45, 7) is 7.03. The molecular weight excluding hydrogens is 333 g/mol. The molecule has 0 amide bonds. The maximum absolute atomic E-state index is 4.75. The third-order valence-electron chi connectivity index (χ3n) is 5.30. The fraction of sp³-hybridized carbons (Fsp3) is 0.375. The number of benzene rings is 2. The summed E-state index contributed by atoms with van der Waals surface area (Å²) in [6, 6.07) is 20.0. The molecule has 0 aliphatic rings. The molecule has 0 bridgehead atoms. The van der Waals surface area contributed by atoms with E-state index < -0.39 is 7.26 Å². The minimum Gasteiger partial charge on any atom is -0.256 e. The van der Waals surface area contributed by atoms with Crippen molar-refractivity contribution >= 4 is 23.3 Å². The minimum atomic E-state index is -1.08. The van der Waals surface area contributed by atoms with Crippen molar-refractivity contribution in [2.24, 2.45) is 0 Å². The smallest absolute Gasteiger partial charge is 0.0946 e. The van der Waals surface area contributed by atoms with Crippen LogP contribution < -0.4 is 5.30 Å². The first kappa shape index (κ1) is 19.1. The van der Waals surface area contributed by atoms with Crippen molar-refractivity contribution in [3.8, 4) is 11.3 Å². The quantitative estimate of drug-likeness (QED) is 0.402. The first-order valence-electron chi connectivity index (χ1n) is 10.0. The Hall–Kier alpha value is -1.72. The Bertz CT molecular complexity index is 833. The lowest BCUT2D eigenvalue weighted by Crippen LogP contribution is -2.20. The van der Waals surface area contributed by atoms with Crippen LogP contribution >= 0.6 is 7.26 Å². The predicted octanol–water partition coefficient (Wildman–Crippen LogP) is 6.77. The largest absolute Gasteiger partial charge is 0.256 e. The van der Waals surface area contributed by atoms with Crippen LogP contribution in [0.5, 0.6) is 0 Å². The Morgan fingerprint density at radius 3 is 2.15 bits per heavy atom. The summed E-state index contributed by atoms with van der Waals surface area (Å²) < 4.78 is 0. The molecule has 0 aliphatic carbocycles. The molecule has 2 heteroatoms. The van der Waals surface area contributed by atoms with Crippen LogP contribution in [0, 0.1) is 0 Å². The summed E-state index contributed by atoms with van der Waals surface area (Å²) in [5.41, 5.74) is 2.39. The number of rotatable bonds is 8. The van der Waals surface area contributed by atoms with Gasteiger partial charge in [0.25, 0.3) is 0 Å². The zero-order valence-electron chi connectivity index (χ0n) is 16.4. The highest BCUT2D eigenvalue weighted by Gasteiger charge is 2.37. The zero-order valence-corrected chi connectivity index (χ0v) is 17.3. The number of hydrogen-bond acceptors (Lipinski definition) is 1.